The molecule has 2 aliphatic heterocycles. The summed E-state index contributed by atoms with van der Waals surface area (Å²) in [6, 6.07) is 7.53. The SMILES string of the molecule is COc1ccc(C2=C(C3=NCCN3)C(=C3C=CC(=[N+]([O-])[O-])C=C3)NO2)cc1. The molecule has 0 atom stereocenters. The summed E-state index contributed by atoms with van der Waals surface area (Å²) in [5, 5.41) is 25.1. The van der Waals surface area contributed by atoms with Gasteiger partial charge in [0.15, 0.2) is 5.76 Å². The van der Waals surface area contributed by atoms with Crippen LogP contribution in [0.4, 0.5) is 0 Å². The Morgan fingerprint density at radius 1 is 1.11 bits per heavy atom. The van der Waals surface area contributed by atoms with E-state index in [1.165, 1.54) is 12.2 Å². The molecule has 2 heterocycles. The van der Waals surface area contributed by atoms with Crippen LogP contribution >= 0.6 is 0 Å². The molecule has 1 aromatic rings. The molecule has 4 rings (SSSR count). The van der Waals surface area contributed by atoms with Gasteiger partial charge in [-0.05, 0) is 36.4 Å². The second-order valence-corrected chi connectivity index (χ2v) is 5.97. The maximum atomic E-state index is 10.9. The van der Waals surface area contributed by atoms with Crippen LogP contribution in [0.5, 0.6) is 5.75 Å². The Labute approximate surface area is 155 Å². The molecule has 138 valence electrons. The molecule has 0 saturated carbocycles. The summed E-state index contributed by atoms with van der Waals surface area (Å²) in [6.07, 6.45) is 6.32. The molecule has 2 N–H and O–H groups in total. The summed E-state index contributed by atoms with van der Waals surface area (Å²) >= 11 is 0. The van der Waals surface area contributed by atoms with Gasteiger partial charge in [-0.2, -0.15) is 4.90 Å². The van der Waals surface area contributed by atoms with E-state index >= 15 is 0 Å². The first-order chi connectivity index (χ1) is 13.2. The summed E-state index contributed by atoms with van der Waals surface area (Å²) < 4.78 is 5.21. The van der Waals surface area contributed by atoms with Crippen LogP contribution in [0, 0.1) is 10.4 Å². The van der Waals surface area contributed by atoms with Crippen LogP contribution in [-0.4, -0.2) is 36.6 Å². The van der Waals surface area contributed by atoms with Gasteiger partial charge in [-0.3, -0.25) is 4.99 Å². The van der Waals surface area contributed by atoms with Crippen molar-refractivity contribution in [2.45, 2.75) is 0 Å². The summed E-state index contributed by atoms with van der Waals surface area (Å²) in [4.78, 5) is 9.88. The maximum absolute atomic E-state index is 10.9. The Kier molecular flexibility index (Phi) is 4.29. The number of hydroxylamine groups is 1. The number of nitrogens with zero attached hydrogens (tertiary/aromatic N) is 2. The lowest BCUT2D eigenvalue weighted by Gasteiger charge is -2.11. The van der Waals surface area contributed by atoms with Crippen LogP contribution in [0.2, 0.25) is 0 Å². The van der Waals surface area contributed by atoms with E-state index in [4.69, 9.17) is 9.57 Å². The third-order valence-corrected chi connectivity index (χ3v) is 4.36. The highest BCUT2D eigenvalue weighted by atomic mass is 16.8. The van der Waals surface area contributed by atoms with Crippen molar-refractivity contribution in [3.63, 3.8) is 0 Å². The number of aliphatic imine (C=N–C) groups is 1. The largest absolute Gasteiger partial charge is 0.612 e. The van der Waals surface area contributed by atoms with Crippen molar-refractivity contribution in [1.82, 2.24) is 10.8 Å². The predicted octanol–water partition coefficient (Wildman–Crippen LogP) is 1.77. The molecule has 27 heavy (non-hydrogen) atoms. The van der Waals surface area contributed by atoms with Crippen molar-refractivity contribution in [2.24, 2.45) is 4.99 Å². The first-order valence-corrected chi connectivity index (χ1v) is 8.40. The smallest absolute Gasteiger partial charge is 0.222 e. The Bertz CT molecular complexity index is 930. The highest BCUT2D eigenvalue weighted by Gasteiger charge is 2.30. The summed E-state index contributed by atoms with van der Waals surface area (Å²) in [7, 11) is 1.62. The normalized spacial score (nSPS) is 18.3. The minimum Gasteiger partial charge on any atom is -0.612 e. The minimum atomic E-state index is -0.421. The fourth-order valence-electron chi connectivity index (χ4n) is 3.01. The molecule has 8 nitrogen and oxygen atoms in total. The van der Waals surface area contributed by atoms with Gasteiger partial charge in [-0.15, -0.1) is 0 Å². The van der Waals surface area contributed by atoms with E-state index in [1.807, 2.05) is 24.3 Å². The fraction of sp³-hybridized carbons (Fsp3) is 0.158. The van der Waals surface area contributed by atoms with Gasteiger partial charge in [0.05, 0.1) is 24.9 Å². The van der Waals surface area contributed by atoms with Gasteiger partial charge in [0.1, 0.15) is 11.6 Å². The predicted molar refractivity (Wildman–Crippen MR) is 102 cm³/mol. The van der Waals surface area contributed by atoms with E-state index in [2.05, 4.69) is 15.8 Å². The average molecular weight is 365 g/mol. The summed E-state index contributed by atoms with van der Waals surface area (Å²) in [5.74, 6) is 2.13. The van der Waals surface area contributed by atoms with Crippen LogP contribution in [-0.2, 0) is 4.84 Å². The van der Waals surface area contributed by atoms with Crippen molar-refractivity contribution in [1.29, 1.82) is 0 Å². The minimum absolute atomic E-state index is 0.0375. The zero-order chi connectivity index (χ0) is 18.8. The molecular weight excluding hydrogens is 348 g/mol. The molecule has 0 fully saturated rings. The van der Waals surface area contributed by atoms with Crippen molar-refractivity contribution in [3.05, 3.63) is 81.4 Å². The van der Waals surface area contributed by atoms with Crippen molar-refractivity contribution >= 4 is 17.3 Å². The maximum Gasteiger partial charge on any atom is 0.222 e. The van der Waals surface area contributed by atoms with Crippen molar-refractivity contribution < 1.29 is 14.5 Å². The quantitative estimate of drug-likeness (QED) is 0.625. The lowest BCUT2D eigenvalue weighted by molar-refractivity contribution is -0.377. The number of benzene rings is 1. The molecule has 0 spiro atoms. The Morgan fingerprint density at radius 2 is 1.85 bits per heavy atom. The molecule has 1 aromatic carbocycles. The zero-order valence-electron chi connectivity index (χ0n) is 14.6. The Balaban J connectivity index is 1.80. The number of nitrogens with one attached hydrogen (secondary N) is 2. The van der Waals surface area contributed by atoms with E-state index in [9.17, 15) is 10.4 Å². The van der Waals surface area contributed by atoms with Crippen molar-refractivity contribution in [2.75, 3.05) is 20.2 Å². The second kappa shape index (κ2) is 6.91. The van der Waals surface area contributed by atoms with E-state index < -0.39 is 4.90 Å². The highest BCUT2D eigenvalue weighted by Crippen LogP contribution is 2.33. The number of amidine groups is 1. The number of methoxy groups -OCH3 is 1. The van der Waals surface area contributed by atoms with Crippen molar-refractivity contribution in [3.8, 4) is 5.75 Å². The van der Waals surface area contributed by atoms with Crippen LogP contribution < -0.4 is 15.5 Å². The number of hydrogen-bond donors (Lipinski definition) is 2. The lowest BCUT2D eigenvalue weighted by Crippen LogP contribution is -2.23. The highest BCUT2D eigenvalue weighted by molar-refractivity contribution is 6.10. The van der Waals surface area contributed by atoms with Crippen LogP contribution in [0.3, 0.4) is 0 Å². The van der Waals surface area contributed by atoms with Gasteiger partial charge in [0, 0.05) is 29.8 Å². The zero-order valence-corrected chi connectivity index (χ0v) is 14.6. The fourth-order valence-corrected chi connectivity index (χ4v) is 3.01. The van der Waals surface area contributed by atoms with Gasteiger partial charge >= 0.3 is 0 Å². The number of ether oxygens (including phenoxy) is 1. The molecule has 0 radical (unpaired) electrons. The number of hydrogen-bond acceptors (Lipinski definition) is 7. The van der Waals surface area contributed by atoms with Gasteiger partial charge < -0.3 is 25.3 Å². The molecule has 3 aliphatic rings. The van der Waals surface area contributed by atoms with E-state index in [0.29, 0.717) is 18.0 Å². The standard InChI is InChI=1S/C19H17N4O4/c1-26-15-8-4-13(5-9-15)18-16(19-20-10-11-21-19)17(22-27-18)12-2-6-14(7-3-12)23(24)25/h2-9,22H,10-11H2,1H3,(H-,20,21,24,25)/q-1. The Morgan fingerprint density at radius 3 is 2.44 bits per heavy atom. The van der Waals surface area contributed by atoms with Crippen LogP contribution in [0.15, 0.2) is 70.4 Å². The molecule has 0 unspecified atom stereocenters. The molecule has 0 saturated heterocycles. The first kappa shape index (κ1) is 16.8. The summed E-state index contributed by atoms with van der Waals surface area (Å²) in [6.45, 7) is 1.44. The van der Waals surface area contributed by atoms with Crippen LogP contribution in [0.25, 0.3) is 5.76 Å². The number of allylic oxidation sites excluding steroid dienone is 5. The monoisotopic (exact) mass is 365 g/mol. The van der Waals surface area contributed by atoms with E-state index in [0.717, 1.165) is 34.8 Å². The van der Waals surface area contributed by atoms with Gasteiger partial charge in [-0.1, -0.05) is 0 Å². The number of rotatable bonds is 3. The molecule has 0 bridgehead atoms. The molecule has 1 aliphatic carbocycles. The van der Waals surface area contributed by atoms with Gasteiger partial charge in [0.25, 0.3) is 0 Å². The van der Waals surface area contributed by atoms with Gasteiger partial charge in [0.2, 0.25) is 5.71 Å². The average Bonchev–Trinajstić information content (AvgIpc) is 3.37. The van der Waals surface area contributed by atoms with E-state index in [1.54, 1.807) is 19.3 Å². The van der Waals surface area contributed by atoms with Gasteiger partial charge in [-0.25, -0.2) is 5.48 Å². The second-order valence-electron chi connectivity index (χ2n) is 5.97. The topological polar surface area (TPSA) is 104 Å². The lowest BCUT2D eigenvalue weighted by atomic mass is 9.99. The van der Waals surface area contributed by atoms with Crippen LogP contribution in [0.1, 0.15) is 5.56 Å². The third-order valence-electron chi connectivity index (χ3n) is 4.36. The summed E-state index contributed by atoms with van der Waals surface area (Å²) in [5.41, 5.74) is 6.13. The van der Waals surface area contributed by atoms with E-state index in [-0.39, 0.29) is 5.71 Å². The molecule has 0 amide bonds. The molecule has 8 heteroatoms. The first-order valence-electron chi connectivity index (χ1n) is 8.40. The molecule has 0 aromatic heterocycles. The third kappa shape index (κ3) is 3.12. The molecular formula is C19H17N4O4-. The Hall–Kier alpha value is -3.68.